The quantitative estimate of drug-likeness (QED) is 0.507. The first kappa shape index (κ1) is 21.1. The number of aromatic nitrogens is 1. The fraction of sp³-hybridized carbons (Fsp3) is 0.192. The number of fused-ring (bicyclic) bond motifs is 5. The first-order valence-corrected chi connectivity index (χ1v) is 10.9. The number of rotatable bonds is 5. The highest BCUT2D eigenvalue weighted by molar-refractivity contribution is 6.30. The van der Waals surface area contributed by atoms with Crippen LogP contribution in [-0.4, -0.2) is 46.7 Å². The zero-order valence-corrected chi connectivity index (χ0v) is 18.4. The average molecular weight is 441 g/mol. The van der Waals surface area contributed by atoms with Gasteiger partial charge in [-0.1, -0.05) is 0 Å². The van der Waals surface area contributed by atoms with Crippen molar-refractivity contribution in [3.63, 3.8) is 0 Å². The number of hydrogen-bond acceptors (Lipinski definition) is 6. The number of ether oxygens (including phenoxy) is 2. The number of aromatic amines is 1. The standard InChI is InChI=1S/C26H24N4O3/c1-3-32-26(33-4-2)25-23-11-7-18(29-23)13-16-5-9-21(27-16)20(15-31)22-10-6-17(28-22)14-19-8-12-24(25)30-19/h5-15,26-27,31H,3-4H2,1-2H3/b17-14?,18-13?,20-15-,25-24?. The van der Waals surface area contributed by atoms with Gasteiger partial charge in [0.15, 0.2) is 6.29 Å². The summed E-state index contributed by atoms with van der Waals surface area (Å²) in [5, 5.41) is 9.88. The molecule has 166 valence electrons. The van der Waals surface area contributed by atoms with Crippen LogP contribution in [0.1, 0.15) is 25.2 Å². The summed E-state index contributed by atoms with van der Waals surface area (Å²) in [6.07, 6.45) is 15.9. The van der Waals surface area contributed by atoms with E-state index in [1.54, 1.807) is 0 Å². The monoisotopic (exact) mass is 440 g/mol. The van der Waals surface area contributed by atoms with E-state index in [1.165, 1.54) is 0 Å². The molecule has 0 spiro atoms. The first-order chi connectivity index (χ1) is 16.2. The third-order valence-corrected chi connectivity index (χ3v) is 5.41. The van der Waals surface area contributed by atoms with E-state index in [0.29, 0.717) is 24.5 Å². The Hall–Kier alpha value is -3.81. The fourth-order valence-corrected chi connectivity index (χ4v) is 3.95. The van der Waals surface area contributed by atoms with Crippen molar-refractivity contribution in [3.8, 4) is 0 Å². The summed E-state index contributed by atoms with van der Waals surface area (Å²) in [6.45, 7) is 4.88. The highest BCUT2D eigenvalue weighted by Gasteiger charge is 2.26. The van der Waals surface area contributed by atoms with Gasteiger partial charge in [0, 0.05) is 18.9 Å². The SMILES string of the molecule is CCOC(OCC)C1=C2C=CC(=N2)C=C2C=CC(=N2)/C(=C\O)c2ccc([nH]2)C=C2C=CC1=N2. The Morgan fingerprint density at radius 1 is 0.879 bits per heavy atom. The second kappa shape index (κ2) is 8.97. The number of aliphatic imine (C=N–C) groups is 3. The Labute approximate surface area is 192 Å². The third-order valence-electron chi connectivity index (χ3n) is 5.41. The zero-order chi connectivity index (χ0) is 22.8. The lowest BCUT2D eigenvalue weighted by atomic mass is 10.1. The molecule has 0 fully saturated rings. The zero-order valence-electron chi connectivity index (χ0n) is 18.4. The molecule has 0 amide bonds. The second-order valence-electron chi connectivity index (χ2n) is 7.58. The predicted molar refractivity (Wildman–Crippen MR) is 131 cm³/mol. The minimum atomic E-state index is -0.581. The molecule has 0 saturated heterocycles. The van der Waals surface area contributed by atoms with Gasteiger partial charge < -0.3 is 19.6 Å². The molecule has 4 aliphatic rings. The number of H-pyrrole nitrogens is 1. The van der Waals surface area contributed by atoms with Crippen molar-refractivity contribution in [1.82, 2.24) is 4.98 Å². The van der Waals surface area contributed by atoms with Crippen molar-refractivity contribution in [3.05, 3.63) is 95.0 Å². The van der Waals surface area contributed by atoms with Gasteiger partial charge in [0.2, 0.25) is 0 Å². The van der Waals surface area contributed by atoms with Gasteiger partial charge in [-0.05, 0) is 74.6 Å². The van der Waals surface area contributed by atoms with Gasteiger partial charge in [-0.15, -0.1) is 0 Å². The predicted octanol–water partition coefficient (Wildman–Crippen LogP) is 4.84. The molecule has 7 heteroatoms. The van der Waals surface area contributed by atoms with Gasteiger partial charge in [0.05, 0.1) is 57.3 Å². The van der Waals surface area contributed by atoms with Crippen LogP contribution in [-0.2, 0) is 9.47 Å². The van der Waals surface area contributed by atoms with Crippen LogP contribution in [0.3, 0.4) is 0 Å². The van der Waals surface area contributed by atoms with Gasteiger partial charge >= 0.3 is 0 Å². The van der Waals surface area contributed by atoms with Crippen LogP contribution in [0.2, 0.25) is 0 Å². The number of allylic oxidation sites excluding steroid dienone is 8. The van der Waals surface area contributed by atoms with E-state index in [9.17, 15) is 5.11 Å². The van der Waals surface area contributed by atoms with Gasteiger partial charge in [-0.25, -0.2) is 15.0 Å². The van der Waals surface area contributed by atoms with Gasteiger partial charge in [0.1, 0.15) is 0 Å². The van der Waals surface area contributed by atoms with E-state index >= 15 is 0 Å². The van der Waals surface area contributed by atoms with Crippen molar-refractivity contribution < 1.29 is 14.6 Å². The molecule has 0 radical (unpaired) electrons. The Bertz CT molecular complexity index is 1290. The van der Waals surface area contributed by atoms with Crippen LogP contribution in [0.15, 0.2) is 98.6 Å². The lowest BCUT2D eigenvalue weighted by molar-refractivity contribution is -0.108. The van der Waals surface area contributed by atoms with Crippen LogP contribution in [0.5, 0.6) is 0 Å². The van der Waals surface area contributed by atoms with Gasteiger partial charge in [-0.3, -0.25) is 0 Å². The topological polar surface area (TPSA) is 91.6 Å². The number of nitrogens with one attached hydrogen (secondary N) is 1. The smallest absolute Gasteiger partial charge is 0.187 e. The summed E-state index contributed by atoms with van der Waals surface area (Å²) in [6, 6.07) is 3.86. The van der Waals surface area contributed by atoms with Gasteiger partial charge in [0.25, 0.3) is 0 Å². The van der Waals surface area contributed by atoms with Crippen molar-refractivity contribution in [2.45, 2.75) is 20.1 Å². The van der Waals surface area contributed by atoms with Crippen LogP contribution < -0.4 is 0 Å². The van der Waals surface area contributed by atoms with Crippen LogP contribution in [0.4, 0.5) is 0 Å². The Morgan fingerprint density at radius 3 is 2.36 bits per heavy atom. The molecular weight excluding hydrogens is 416 g/mol. The summed E-state index contributed by atoms with van der Waals surface area (Å²) < 4.78 is 11.8. The maximum absolute atomic E-state index is 9.88. The van der Waals surface area contributed by atoms with Crippen LogP contribution >= 0.6 is 0 Å². The van der Waals surface area contributed by atoms with E-state index in [0.717, 1.165) is 51.7 Å². The third kappa shape index (κ3) is 4.16. The average Bonchev–Trinajstić information content (AvgIpc) is 3.60. The Balaban J connectivity index is 1.69. The number of aliphatic hydroxyl groups excluding tert-OH is 1. The molecule has 5 rings (SSSR count). The van der Waals surface area contributed by atoms with E-state index in [2.05, 4.69) is 9.98 Å². The van der Waals surface area contributed by atoms with E-state index in [1.807, 2.05) is 74.6 Å². The maximum Gasteiger partial charge on any atom is 0.187 e. The Morgan fingerprint density at radius 2 is 1.61 bits per heavy atom. The molecule has 0 saturated carbocycles. The minimum absolute atomic E-state index is 0.500. The van der Waals surface area contributed by atoms with Crippen molar-refractivity contribution >= 4 is 28.8 Å². The van der Waals surface area contributed by atoms with Crippen LogP contribution in [0, 0.1) is 0 Å². The highest BCUT2D eigenvalue weighted by Crippen LogP contribution is 2.28. The molecule has 0 aromatic carbocycles. The highest BCUT2D eigenvalue weighted by atomic mass is 16.7. The molecule has 8 bridgehead atoms. The minimum Gasteiger partial charge on any atom is -0.515 e. The van der Waals surface area contributed by atoms with E-state index in [4.69, 9.17) is 19.5 Å². The molecule has 7 nitrogen and oxygen atoms in total. The summed E-state index contributed by atoms with van der Waals surface area (Å²) >= 11 is 0. The molecule has 0 aliphatic carbocycles. The Kier molecular flexibility index (Phi) is 5.73. The van der Waals surface area contributed by atoms with Crippen molar-refractivity contribution in [2.75, 3.05) is 13.2 Å². The lowest BCUT2D eigenvalue weighted by Crippen LogP contribution is -2.25. The summed E-state index contributed by atoms with van der Waals surface area (Å²) in [7, 11) is 0. The number of nitrogens with zero attached hydrogens (tertiary/aromatic N) is 3. The molecule has 4 aliphatic heterocycles. The normalized spacial score (nSPS) is 20.0. The van der Waals surface area contributed by atoms with Gasteiger partial charge in [-0.2, -0.15) is 0 Å². The van der Waals surface area contributed by atoms with E-state index in [-0.39, 0.29) is 0 Å². The molecule has 0 atom stereocenters. The largest absolute Gasteiger partial charge is 0.515 e. The van der Waals surface area contributed by atoms with Crippen molar-refractivity contribution in [1.29, 1.82) is 0 Å². The number of hydrogen-bond donors (Lipinski definition) is 2. The summed E-state index contributed by atoms with van der Waals surface area (Å²) in [5.74, 6) is 0. The second-order valence-corrected chi connectivity index (χ2v) is 7.58. The van der Waals surface area contributed by atoms with Crippen molar-refractivity contribution in [2.24, 2.45) is 15.0 Å². The molecule has 2 N–H and O–H groups in total. The molecule has 5 heterocycles. The van der Waals surface area contributed by atoms with E-state index < -0.39 is 6.29 Å². The van der Waals surface area contributed by atoms with Crippen LogP contribution in [0.25, 0.3) is 11.6 Å². The number of aliphatic hydroxyl groups is 1. The maximum atomic E-state index is 9.88. The summed E-state index contributed by atoms with van der Waals surface area (Å²) in [5.41, 5.74) is 7.50. The lowest BCUT2D eigenvalue weighted by Gasteiger charge is -2.20. The molecule has 0 unspecified atom stereocenters. The fourth-order valence-electron chi connectivity index (χ4n) is 3.95. The molecule has 1 aromatic rings. The summed E-state index contributed by atoms with van der Waals surface area (Å²) in [4.78, 5) is 17.6. The first-order valence-electron chi connectivity index (χ1n) is 10.9. The molecule has 1 aromatic heterocycles. The molecular formula is C26H24N4O3. The molecule has 33 heavy (non-hydrogen) atoms.